The summed E-state index contributed by atoms with van der Waals surface area (Å²) in [5.41, 5.74) is -1.16. The predicted octanol–water partition coefficient (Wildman–Crippen LogP) is 3.50. The number of alkyl halides is 4. The molecule has 1 atom stereocenters. The van der Waals surface area contributed by atoms with Gasteiger partial charge in [0.2, 0.25) is 0 Å². The topological polar surface area (TPSA) is 37.3 Å². The van der Waals surface area contributed by atoms with E-state index in [1.807, 2.05) is 0 Å². The second-order valence-electron chi connectivity index (χ2n) is 3.45. The van der Waals surface area contributed by atoms with Crippen LogP contribution in [0, 0.1) is 0 Å². The van der Waals surface area contributed by atoms with Crippen molar-refractivity contribution < 1.29 is 23.1 Å². The molecule has 0 aliphatic heterocycles. The van der Waals surface area contributed by atoms with Crippen molar-refractivity contribution in [1.29, 1.82) is 0 Å². The maximum Gasteiger partial charge on any atom is 0.416 e. The van der Waals surface area contributed by atoms with E-state index in [4.69, 9.17) is 16.7 Å². The molecule has 2 nitrogen and oxygen atoms in total. The lowest BCUT2D eigenvalue weighted by molar-refractivity contribution is -0.141. The summed E-state index contributed by atoms with van der Waals surface area (Å²) in [5.74, 6) is -2.55. The maximum absolute atomic E-state index is 12.7. The number of rotatable bonds is 4. The highest BCUT2D eigenvalue weighted by molar-refractivity contribution is 6.18. The molecule has 0 aliphatic carbocycles. The summed E-state index contributed by atoms with van der Waals surface area (Å²) in [6.07, 6.45) is -4.60. The molecule has 0 heterocycles. The fraction of sp³-hybridized carbons (Fsp3) is 0.364. The fourth-order valence-electron chi connectivity index (χ4n) is 1.58. The lowest BCUT2D eigenvalue weighted by atomic mass is 9.92. The van der Waals surface area contributed by atoms with E-state index in [9.17, 15) is 18.0 Å². The van der Waals surface area contributed by atoms with Crippen LogP contribution in [-0.2, 0) is 11.0 Å². The molecule has 1 aromatic carbocycles. The van der Waals surface area contributed by atoms with Crippen molar-refractivity contribution in [3.63, 3.8) is 0 Å². The molecule has 0 aliphatic rings. The zero-order chi connectivity index (χ0) is 13.1. The van der Waals surface area contributed by atoms with Gasteiger partial charge in [0, 0.05) is 5.88 Å². The van der Waals surface area contributed by atoms with Crippen LogP contribution in [0.1, 0.15) is 23.5 Å². The highest BCUT2D eigenvalue weighted by Crippen LogP contribution is 2.36. The number of carboxylic acid groups (broad SMARTS) is 1. The molecule has 17 heavy (non-hydrogen) atoms. The number of halogens is 4. The summed E-state index contributed by atoms with van der Waals surface area (Å²) in [6.45, 7) is 0. The number of aliphatic carboxylic acids is 1. The summed E-state index contributed by atoms with van der Waals surface area (Å²) in [7, 11) is 0. The summed E-state index contributed by atoms with van der Waals surface area (Å²) in [5, 5.41) is 8.92. The van der Waals surface area contributed by atoms with Crippen molar-refractivity contribution in [2.24, 2.45) is 0 Å². The van der Waals surface area contributed by atoms with Gasteiger partial charge >= 0.3 is 12.1 Å². The second-order valence-corrected chi connectivity index (χ2v) is 3.83. The third-order valence-corrected chi connectivity index (χ3v) is 2.56. The largest absolute Gasteiger partial charge is 0.481 e. The van der Waals surface area contributed by atoms with Gasteiger partial charge in [-0.1, -0.05) is 18.2 Å². The number of hydrogen-bond acceptors (Lipinski definition) is 1. The summed E-state index contributed by atoms with van der Waals surface area (Å²) in [4.78, 5) is 10.9. The zero-order valence-corrected chi connectivity index (χ0v) is 9.42. The molecule has 0 aromatic heterocycles. The van der Waals surface area contributed by atoms with Gasteiger partial charge < -0.3 is 5.11 Å². The van der Waals surface area contributed by atoms with E-state index < -0.39 is 23.6 Å². The minimum absolute atomic E-state index is 0.0108. The lowest BCUT2D eigenvalue weighted by Crippen LogP contribution is -2.18. The van der Waals surface area contributed by atoms with Gasteiger partial charge in [0.25, 0.3) is 0 Å². The molecule has 0 saturated carbocycles. The van der Waals surface area contributed by atoms with E-state index in [-0.39, 0.29) is 17.9 Å². The van der Waals surface area contributed by atoms with Gasteiger partial charge in [0.1, 0.15) is 0 Å². The van der Waals surface area contributed by atoms with Gasteiger partial charge in [-0.2, -0.15) is 13.2 Å². The number of hydrogen-bond donors (Lipinski definition) is 1. The van der Waals surface area contributed by atoms with Crippen LogP contribution in [0.3, 0.4) is 0 Å². The third kappa shape index (κ3) is 3.36. The molecule has 1 N–H and O–H groups in total. The first kappa shape index (κ1) is 13.8. The monoisotopic (exact) mass is 266 g/mol. The normalized spacial score (nSPS) is 13.4. The summed E-state index contributed by atoms with van der Waals surface area (Å²) < 4.78 is 38.1. The number of carboxylic acids is 1. The highest BCUT2D eigenvalue weighted by atomic mass is 35.5. The molecule has 1 aromatic rings. The van der Waals surface area contributed by atoms with Crippen molar-refractivity contribution in [1.82, 2.24) is 0 Å². The number of carbonyl (C=O) groups is 1. The van der Waals surface area contributed by atoms with Crippen molar-refractivity contribution in [2.75, 3.05) is 5.88 Å². The first-order chi connectivity index (χ1) is 7.88. The average molecular weight is 267 g/mol. The van der Waals surface area contributed by atoms with Crippen LogP contribution in [-0.4, -0.2) is 17.0 Å². The molecule has 94 valence electrons. The molecule has 6 heteroatoms. The first-order valence-corrected chi connectivity index (χ1v) is 5.36. The highest BCUT2D eigenvalue weighted by Gasteiger charge is 2.36. The standard InChI is InChI=1S/C11H10ClF3O2/c12-6-5-8(10(16)17)7-3-1-2-4-9(7)11(13,14)15/h1-4,8H,5-6H2,(H,16,17). The SMILES string of the molecule is O=C(O)C(CCCl)c1ccccc1C(F)(F)F. The summed E-state index contributed by atoms with van der Waals surface area (Å²) in [6, 6.07) is 4.66. The van der Waals surface area contributed by atoms with E-state index in [1.165, 1.54) is 18.2 Å². The van der Waals surface area contributed by atoms with Gasteiger partial charge in [0.15, 0.2) is 0 Å². The summed E-state index contributed by atoms with van der Waals surface area (Å²) >= 11 is 5.41. The second kappa shape index (κ2) is 5.40. The quantitative estimate of drug-likeness (QED) is 0.847. The number of benzene rings is 1. The van der Waals surface area contributed by atoms with Crippen molar-refractivity contribution in [3.05, 3.63) is 35.4 Å². The Kier molecular flexibility index (Phi) is 4.40. The average Bonchev–Trinajstić information content (AvgIpc) is 2.24. The third-order valence-electron chi connectivity index (χ3n) is 2.34. The van der Waals surface area contributed by atoms with Gasteiger partial charge in [-0.3, -0.25) is 4.79 Å². The molecule has 0 fully saturated rings. The van der Waals surface area contributed by atoms with Gasteiger partial charge in [-0.25, -0.2) is 0 Å². The van der Waals surface area contributed by atoms with E-state index in [1.54, 1.807) is 0 Å². The van der Waals surface area contributed by atoms with E-state index in [0.29, 0.717) is 0 Å². The van der Waals surface area contributed by atoms with Crippen LogP contribution in [0.5, 0.6) is 0 Å². The Labute approximate surface area is 101 Å². The maximum atomic E-state index is 12.7. The van der Waals surface area contributed by atoms with Crippen LogP contribution in [0.2, 0.25) is 0 Å². The molecule has 0 amide bonds. The minimum Gasteiger partial charge on any atom is -0.481 e. The Morgan fingerprint density at radius 3 is 2.41 bits per heavy atom. The van der Waals surface area contributed by atoms with Gasteiger partial charge in [-0.15, -0.1) is 11.6 Å². The fourth-order valence-corrected chi connectivity index (χ4v) is 1.80. The van der Waals surface area contributed by atoms with Crippen LogP contribution in [0.4, 0.5) is 13.2 Å². The zero-order valence-electron chi connectivity index (χ0n) is 8.67. The van der Waals surface area contributed by atoms with E-state index in [2.05, 4.69) is 0 Å². The van der Waals surface area contributed by atoms with Gasteiger partial charge in [0.05, 0.1) is 11.5 Å². The van der Waals surface area contributed by atoms with Crippen LogP contribution < -0.4 is 0 Å². The van der Waals surface area contributed by atoms with E-state index >= 15 is 0 Å². The molecule has 0 radical (unpaired) electrons. The van der Waals surface area contributed by atoms with Gasteiger partial charge in [-0.05, 0) is 18.1 Å². The Morgan fingerprint density at radius 1 is 1.35 bits per heavy atom. The molecule has 0 spiro atoms. The van der Waals surface area contributed by atoms with Crippen LogP contribution in [0.15, 0.2) is 24.3 Å². The molecule has 0 saturated heterocycles. The Hall–Kier alpha value is -1.23. The first-order valence-electron chi connectivity index (χ1n) is 4.82. The van der Waals surface area contributed by atoms with Crippen LogP contribution in [0.25, 0.3) is 0 Å². The Balaban J connectivity index is 3.23. The van der Waals surface area contributed by atoms with Crippen molar-refractivity contribution >= 4 is 17.6 Å². The Morgan fingerprint density at radius 2 is 1.94 bits per heavy atom. The molecule has 1 unspecified atom stereocenters. The molecule has 0 bridgehead atoms. The van der Waals surface area contributed by atoms with E-state index in [0.717, 1.165) is 6.07 Å². The molecular weight excluding hydrogens is 257 g/mol. The Bertz CT molecular complexity index is 404. The smallest absolute Gasteiger partial charge is 0.416 e. The molecular formula is C11H10ClF3O2. The molecule has 1 rings (SSSR count). The minimum atomic E-state index is -4.56. The lowest BCUT2D eigenvalue weighted by Gasteiger charge is -2.17. The van der Waals surface area contributed by atoms with Crippen molar-refractivity contribution in [2.45, 2.75) is 18.5 Å². The van der Waals surface area contributed by atoms with Crippen molar-refractivity contribution in [3.8, 4) is 0 Å². The predicted molar refractivity (Wildman–Crippen MR) is 57.2 cm³/mol. The van der Waals surface area contributed by atoms with Crippen LogP contribution >= 0.6 is 11.6 Å².